The molecule has 11 heteroatoms. The van der Waals surface area contributed by atoms with Gasteiger partial charge < -0.3 is 4.74 Å². The largest absolute Gasteiger partial charge is 0.573 e. The first kappa shape index (κ1) is 24.8. The summed E-state index contributed by atoms with van der Waals surface area (Å²) < 4.78 is 83.5. The zero-order valence-electron chi connectivity index (χ0n) is 17.6. The van der Waals surface area contributed by atoms with Gasteiger partial charge in [0.2, 0.25) is 10.0 Å². The number of hydrogen-bond acceptors (Lipinski definition) is 4. The normalized spacial score (nSPS) is 20.5. The Labute approximate surface area is 189 Å². The molecule has 176 valence electrons. The minimum Gasteiger partial charge on any atom is -0.406 e. The predicted octanol–water partition coefficient (Wildman–Crippen LogP) is 5.27. The monoisotopic (exact) mass is 494 g/mol. The van der Waals surface area contributed by atoms with E-state index in [1.807, 2.05) is 20.8 Å². The fourth-order valence-corrected chi connectivity index (χ4v) is 5.26. The second-order valence-electron chi connectivity index (χ2n) is 8.52. The third kappa shape index (κ3) is 5.72. The summed E-state index contributed by atoms with van der Waals surface area (Å²) in [6.45, 7) is 6.48. The fraction of sp³-hybridized carbons (Fsp3) is 0.429. The maximum absolute atomic E-state index is 14.2. The summed E-state index contributed by atoms with van der Waals surface area (Å²) in [5.74, 6) is -1.13. The van der Waals surface area contributed by atoms with Gasteiger partial charge in [-0.25, -0.2) is 17.5 Å². The Kier molecular flexibility index (Phi) is 6.82. The van der Waals surface area contributed by atoms with Crippen LogP contribution >= 0.6 is 11.6 Å². The highest BCUT2D eigenvalue weighted by atomic mass is 35.5. The molecule has 5 nitrogen and oxygen atoms in total. The van der Waals surface area contributed by atoms with E-state index < -0.39 is 40.0 Å². The molecule has 1 fully saturated rings. The molecule has 1 aliphatic rings. The van der Waals surface area contributed by atoms with E-state index in [0.717, 1.165) is 24.3 Å². The molecule has 0 spiro atoms. The van der Waals surface area contributed by atoms with Gasteiger partial charge in [0.25, 0.3) is 0 Å². The fourth-order valence-electron chi connectivity index (χ4n) is 3.86. The number of nitrogens with zero attached hydrogens (tertiary/aromatic N) is 1. The Morgan fingerprint density at radius 3 is 2.25 bits per heavy atom. The van der Waals surface area contributed by atoms with Crippen molar-refractivity contribution < 1.29 is 30.7 Å². The van der Waals surface area contributed by atoms with Crippen LogP contribution in [0.25, 0.3) is 0 Å². The minimum absolute atomic E-state index is 0.0349. The number of hydrogen-bond donors (Lipinski definition) is 1. The van der Waals surface area contributed by atoms with Crippen molar-refractivity contribution >= 4 is 21.6 Å². The molecule has 0 aromatic heterocycles. The lowest BCUT2D eigenvalue weighted by atomic mass is 9.97. The molecule has 32 heavy (non-hydrogen) atoms. The molecule has 0 saturated carbocycles. The maximum Gasteiger partial charge on any atom is 0.573 e. The molecule has 3 rings (SSSR count). The highest BCUT2D eigenvalue weighted by Crippen LogP contribution is 2.39. The second kappa shape index (κ2) is 8.81. The van der Waals surface area contributed by atoms with Crippen molar-refractivity contribution in [1.82, 2.24) is 9.62 Å². The molecule has 1 aliphatic heterocycles. The van der Waals surface area contributed by atoms with E-state index in [0.29, 0.717) is 18.5 Å². The van der Waals surface area contributed by atoms with Gasteiger partial charge in [-0.05, 0) is 69.2 Å². The molecule has 1 N–H and O–H groups in total. The summed E-state index contributed by atoms with van der Waals surface area (Å²) in [5, 5.41) is -0.0349. The molecule has 0 aliphatic carbocycles. The Balaban J connectivity index is 1.89. The lowest BCUT2D eigenvalue weighted by molar-refractivity contribution is -0.274. The Morgan fingerprint density at radius 1 is 1.09 bits per heavy atom. The summed E-state index contributed by atoms with van der Waals surface area (Å²) in [4.78, 5) is 1.87. The molecule has 0 unspecified atom stereocenters. The van der Waals surface area contributed by atoms with E-state index in [1.54, 1.807) is 6.07 Å². The molecular formula is C21H23ClF4N2O3S. The van der Waals surface area contributed by atoms with E-state index in [-0.39, 0.29) is 15.5 Å². The van der Waals surface area contributed by atoms with Crippen LogP contribution in [0.3, 0.4) is 0 Å². The van der Waals surface area contributed by atoms with Crippen molar-refractivity contribution in [3.05, 3.63) is 58.9 Å². The zero-order valence-corrected chi connectivity index (χ0v) is 19.2. The summed E-state index contributed by atoms with van der Waals surface area (Å²) >= 11 is 5.81. The summed E-state index contributed by atoms with van der Waals surface area (Å²) in [5.41, 5.74) is 0.235. The quantitative estimate of drug-likeness (QED) is 0.575. The Hall–Kier alpha value is -1.88. The number of alkyl halides is 3. The first-order chi connectivity index (χ1) is 14.7. The van der Waals surface area contributed by atoms with E-state index >= 15 is 0 Å². The number of ether oxygens (including phenoxy) is 1. The van der Waals surface area contributed by atoms with Gasteiger partial charge in [-0.3, -0.25) is 4.90 Å². The first-order valence-electron chi connectivity index (χ1n) is 9.77. The molecule has 1 saturated heterocycles. The van der Waals surface area contributed by atoms with Gasteiger partial charge in [0.1, 0.15) is 11.6 Å². The third-order valence-corrected chi connectivity index (χ3v) is 7.03. The van der Waals surface area contributed by atoms with Gasteiger partial charge in [0, 0.05) is 18.1 Å². The Morgan fingerprint density at radius 2 is 1.72 bits per heavy atom. The number of likely N-dealkylation sites (tertiary alicyclic amines) is 1. The van der Waals surface area contributed by atoms with E-state index in [1.165, 1.54) is 12.1 Å². The van der Waals surface area contributed by atoms with Crippen molar-refractivity contribution in [2.45, 2.75) is 56.1 Å². The molecule has 2 aromatic rings. The van der Waals surface area contributed by atoms with Crippen molar-refractivity contribution in [2.75, 3.05) is 6.54 Å². The predicted molar refractivity (Wildman–Crippen MR) is 112 cm³/mol. The molecule has 0 bridgehead atoms. The molecule has 1 heterocycles. The van der Waals surface area contributed by atoms with Gasteiger partial charge in [-0.2, -0.15) is 0 Å². The highest BCUT2D eigenvalue weighted by molar-refractivity contribution is 7.89. The zero-order chi connectivity index (χ0) is 23.9. The van der Waals surface area contributed by atoms with Crippen LogP contribution in [0, 0.1) is 5.82 Å². The molecular weight excluding hydrogens is 472 g/mol. The summed E-state index contributed by atoms with van der Waals surface area (Å²) in [6, 6.07) is 7.26. The average Bonchev–Trinajstić information content (AvgIpc) is 3.06. The van der Waals surface area contributed by atoms with Crippen LogP contribution in [-0.2, 0) is 10.0 Å². The van der Waals surface area contributed by atoms with Crippen molar-refractivity contribution in [2.24, 2.45) is 0 Å². The van der Waals surface area contributed by atoms with Gasteiger partial charge in [0.15, 0.2) is 0 Å². The number of benzene rings is 2. The number of halogens is 5. The lowest BCUT2D eigenvalue weighted by Gasteiger charge is -2.39. The van der Waals surface area contributed by atoms with Crippen LogP contribution in [0.4, 0.5) is 17.6 Å². The van der Waals surface area contributed by atoms with Crippen LogP contribution in [0.5, 0.6) is 5.75 Å². The number of nitrogens with one attached hydrogen (secondary N) is 1. The van der Waals surface area contributed by atoms with E-state index in [2.05, 4.69) is 14.4 Å². The van der Waals surface area contributed by atoms with Gasteiger partial charge in [-0.1, -0.05) is 17.7 Å². The maximum atomic E-state index is 14.2. The highest BCUT2D eigenvalue weighted by Gasteiger charge is 2.42. The van der Waals surface area contributed by atoms with E-state index in [9.17, 15) is 26.0 Å². The molecule has 0 radical (unpaired) electrons. The van der Waals surface area contributed by atoms with Crippen molar-refractivity contribution in [1.29, 1.82) is 0 Å². The Bertz CT molecular complexity index is 1070. The van der Waals surface area contributed by atoms with Gasteiger partial charge >= 0.3 is 6.36 Å². The van der Waals surface area contributed by atoms with Gasteiger partial charge in [0.05, 0.1) is 16.0 Å². The second-order valence-corrected chi connectivity index (χ2v) is 10.6. The lowest BCUT2D eigenvalue weighted by Crippen LogP contribution is -2.45. The topological polar surface area (TPSA) is 58.6 Å². The SMILES string of the molecule is CC(C)(C)N1CC[C@H](NS(=O)(=O)c2ccc(OC(F)(F)F)cc2)[C@H]1c1ccc(Cl)c(F)c1. The van der Waals surface area contributed by atoms with Crippen LogP contribution in [0.1, 0.15) is 38.8 Å². The van der Waals surface area contributed by atoms with Gasteiger partial charge in [-0.15, -0.1) is 13.2 Å². The van der Waals surface area contributed by atoms with Crippen LogP contribution in [0.15, 0.2) is 47.4 Å². The van der Waals surface area contributed by atoms with Crippen LogP contribution < -0.4 is 9.46 Å². The molecule has 2 atom stereocenters. The van der Waals surface area contributed by atoms with Crippen molar-refractivity contribution in [3.8, 4) is 5.75 Å². The average molecular weight is 495 g/mol. The van der Waals surface area contributed by atoms with E-state index in [4.69, 9.17) is 11.6 Å². The summed E-state index contributed by atoms with van der Waals surface area (Å²) in [7, 11) is -4.07. The first-order valence-corrected chi connectivity index (χ1v) is 11.6. The third-order valence-electron chi connectivity index (χ3n) is 5.22. The standard InChI is InChI=1S/C21H23ClF4N2O3S/c1-20(2,3)28-11-10-18(19(28)13-4-9-16(22)17(23)12-13)27-32(29,30)15-7-5-14(6-8-15)31-21(24,25)26/h4-9,12,18-19,27H,10-11H2,1-3H3/t18-,19+/m0/s1. The summed E-state index contributed by atoms with van der Waals surface area (Å²) in [6.07, 6.45) is -4.42. The smallest absolute Gasteiger partial charge is 0.406 e. The number of rotatable bonds is 5. The number of sulfonamides is 1. The molecule has 0 amide bonds. The van der Waals surface area contributed by atoms with Crippen LogP contribution in [0.2, 0.25) is 5.02 Å². The van der Waals surface area contributed by atoms with Crippen molar-refractivity contribution in [3.63, 3.8) is 0 Å². The molecule has 2 aromatic carbocycles. The van der Waals surface area contributed by atoms with Crippen LogP contribution in [-0.4, -0.2) is 37.8 Å². The minimum atomic E-state index is -4.88.